The van der Waals surface area contributed by atoms with Gasteiger partial charge in [-0.2, -0.15) is 11.2 Å². The highest BCUT2D eigenvalue weighted by Gasteiger charge is 2.37. The minimum Gasteiger partial charge on any atom is -0.408 e. The van der Waals surface area contributed by atoms with Gasteiger partial charge >= 0.3 is 0 Å². The van der Waals surface area contributed by atoms with Crippen LogP contribution in [0.25, 0.3) is 0 Å². The van der Waals surface area contributed by atoms with Crippen LogP contribution in [0.3, 0.4) is 0 Å². The van der Waals surface area contributed by atoms with Gasteiger partial charge in [-0.1, -0.05) is 0 Å². The van der Waals surface area contributed by atoms with Crippen molar-refractivity contribution in [3.8, 4) is 0 Å². The highest BCUT2D eigenvalue weighted by atomic mass is 32.4. The molecule has 0 bridgehead atoms. The van der Waals surface area contributed by atoms with Crippen molar-refractivity contribution >= 4 is 18.7 Å². The van der Waals surface area contributed by atoms with E-state index in [0.29, 0.717) is 0 Å². The van der Waals surface area contributed by atoms with E-state index in [9.17, 15) is 0 Å². The van der Waals surface area contributed by atoms with E-state index in [0.717, 1.165) is 6.04 Å². The molecule has 9 heavy (non-hydrogen) atoms. The van der Waals surface area contributed by atoms with E-state index in [1.807, 2.05) is 11.2 Å². The molecule has 0 aromatic rings. The van der Waals surface area contributed by atoms with Crippen molar-refractivity contribution < 1.29 is 9.53 Å². The molecule has 4 heteroatoms. The summed E-state index contributed by atoms with van der Waals surface area (Å²) in [5.74, 6) is 1.18. The quantitative estimate of drug-likeness (QED) is 0.611. The molecule has 1 aliphatic rings. The summed E-state index contributed by atoms with van der Waals surface area (Å²) >= 11 is 1.86. The Balaban J connectivity index is 2.45. The maximum atomic E-state index is 8.93. The van der Waals surface area contributed by atoms with Crippen LogP contribution in [0.5, 0.6) is 0 Å². The number of hydrogen-bond acceptors (Lipinski definition) is 3. The second-order valence-corrected chi connectivity index (χ2v) is 9.07. The van der Waals surface area contributed by atoms with Gasteiger partial charge in [0.25, 0.3) is 7.47 Å². The zero-order chi connectivity index (χ0) is 6.74. The molecule has 1 saturated heterocycles. The summed E-state index contributed by atoms with van der Waals surface area (Å²) in [5, 5.41) is 8.93. The fourth-order valence-electron chi connectivity index (χ4n) is 1.02. The molecular formula is C5H12O2SSi. The standard InChI is InChI=1S/C5H12O2SSi/c1-7-9(5-6)4-2-3-8-9/h6H,2-5H2,1H3. The molecule has 0 saturated carbocycles. The highest BCUT2D eigenvalue weighted by molar-refractivity contribution is 8.28. The van der Waals surface area contributed by atoms with E-state index >= 15 is 0 Å². The summed E-state index contributed by atoms with van der Waals surface area (Å²) in [4.78, 5) is 0. The number of hydrogen-bond donors (Lipinski definition) is 1. The molecule has 0 aromatic heterocycles. The van der Waals surface area contributed by atoms with Crippen LogP contribution in [0.1, 0.15) is 6.42 Å². The lowest BCUT2D eigenvalue weighted by molar-refractivity contribution is 0.311. The first-order chi connectivity index (χ1) is 4.33. The summed E-state index contributed by atoms with van der Waals surface area (Å²) in [6.07, 6.45) is 1.51. The van der Waals surface area contributed by atoms with Crippen LogP contribution in [-0.4, -0.2) is 31.7 Å². The van der Waals surface area contributed by atoms with Gasteiger partial charge in [-0.05, 0) is 18.2 Å². The number of aliphatic hydroxyl groups is 1. The Hall–Kier alpha value is 0.487. The van der Waals surface area contributed by atoms with Crippen molar-refractivity contribution in [3.63, 3.8) is 0 Å². The fraction of sp³-hybridized carbons (Fsp3) is 1.00. The molecular weight excluding hydrogens is 152 g/mol. The van der Waals surface area contributed by atoms with Gasteiger partial charge in [-0.15, -0.1) is 0 Å². The third-order valence-electron chi connectivity index (χ3n) is 1.68. The first kappa shape index (κ1) is 7.59. The van der Waals surface area contributed by atoms with Crippen molar-refractivity contribution in [2.75, 3.05) is 19.1 Å². The molecule has 1 aliphatic heterocycles. The van der Waals surface area contributed by atoms with Gasteiger partial charge in [0.15, 0.2) is 0 Å². The lowest BCUT2D eigenvalue weighted by Gasteiger charge is -2.19. The van der Waals surface area contributed by atoms with Crippen molar-refractivity contribution in [1.82, 2.24) is 0 Å². The fourth-order valence-corrected chi connectivity index (χ4v) is 6.54. The van der Waals surface area contributed by atoms with Gasteiger partial charge in [-0.25, -0.2) is 0 Å². The molecule has 1 heterocycles. The largest absolute Gasteiger partial charge is 0.408 e. The molecule has 2 nitrogen and oxygen atoms in total. The first-order valence-corrected chi connectivity index (χ1v) is 7.16. The van der Waals surface area contributed by atoms with Crippen molar-refractivity contribution in [2.45, 2.75) is 12.5 Å². The Morgan fingerprint density at radius 1 is 1.78 bits per heavy atom. The minimum absolute atomic E-state index is 0.286. The van der Waals surface area contributed by atoms with Crippen LogP contribution in [0, 0.1) is 0 Å². The molecule has 0 amide bonds. The second-order valence-electron chi connectivity index (χ2n) is 2.22. The van der Waals surface area contributed by atoms with Gasteiger partial charge in [-0.3, -0.25) is 0 Å². The minimum atomic E-state index is -1.61. The molecule has 1 fully saturated rings. The Bertz CT molecular complexity index is 87.0. The Morgan fingerprint density at radius 2 is 2.56 bits per heavy atom. The highest BCUT2D eigenvalue weighted by Crippen LogP contribution is 2.34. The van der Waals surface area contributed by atoms with Crippen molar-refractivity contribution in [1.29, 1.82) is 0 Å². The van der Waals surface area contributed by atoms with E-state index in [2.05, 4.69) is 0 Å². The first-order valence-electron chi connectivity index (χ1n) is 3.13. The van der Waals surface area contributed by atoms with Gasteiger partial charge in [0.05, 0.1) is 6.23 Å². The average Bonchev–Trinajstić information content (AvgIpc) is 2.36. The van der Waals surface area contributed by atoms with Crippen LogP contribution < -0.4 is 0 Å². The topological polar surface area (TPSA) is 29.5 Å². The molecule has 1 atom stereocenters. The van der Waals surface area contributed by atoms with Gasteiger partial charge in [0.1, 0.15) is 0 Å². The van der Waals surface area contributed by atoms with Crippen LogP contribution in [-0.2, 0) is 4.43 Å². The van der Waals surface area contributed by atoms with E-state index in [-0.39, 0.29) is 6.23 Å². The zero-order valence-corrected chi connectivity index (χ0v) is 7.41. The van der Waals surface area contributed by atoms with E-state index < -0.39 is 7.47 Å². The van der Waals surface area contributed by atoms with Crippen molar-refractivity contribution in [2.24, 2.45) is 0 Å². The maximum absolute atomic E-state index is 8.93. The Kier molecular flexibility index (Phi) is 2.57. The third-order valence-corrected chi connectivity index (χ3v) is 8.73. The summed E-state index contributed by atoms with van der Waals surface area (Å²) in [6.45, 7) is 0. The molecule has 0 spiro atoms. The monoisotopic (exact) mass is 164 g/mol. The van der Waals surface area contributed by atoms with Crippen molar-refractivity contribution in [3.05, 3.63) is 0 Å². The SMILES string of the molecule is CO[Si]1(CO)CCCS1. The smallest absolute Gasteiger partial charge is 0.279 e. The molecule has 54 valence electrons. The number of aliphatic hydroxyl groups excluding tert-OH is 1. The second kappa shape index (κ2) is 3.05. The maximum Gasteiger partial charge on any atom is 0.279 e. The summed E-state index contributed by atoms with van der Waals surface area (Å²) in [7, 11) is 0.115. The summed E-state index contributed by atoms with van der Waals surface area (Å²) < 4.78 is 5.30. The Morgan fingerprint density at radius 3 is 2.78 bits per heavy atom. The third kappa shape index (κ3) is 1.49. The lowest BCUT2D eigenvalue weighted by atomic mass is 10.6. The van der Waals surface area contributed by atoms with Crippen LogP contribution in [0.4, 0.5) is 0 Å². The van der Waals surface area contributed by atoms with Gasteiger partial charge < -0.3 is 9.53 Å². The number of rotatable bonds is 2. The molecule has 0 aromatic carbocycles. The summed E-state index contributed by atoms with van der Waals surface area (Å²) in [5.41, 5.74) is 0. The molecule has 1 rings (SSSR count). The molecule has 1 N–H and O–H groups in total. The lowest BCUT2D eigenvalue weighted by Crippen LogP contribution is -2.35. The van der Waals surface area contributed by atoms with E-state index in [1.165, 1.54) is 12.2 Å². The predicted octanol–water partition coefficient (Wildman–Crippen LogP) is 0.743. The summed E-state index contributed by atoms with van der Waals surface area (Å²) in [6, 6.07) is 1.13. The zero-order valence-electron chi connectivity index (χ0n) is 5.59. The normalized spacial score (nSPS) is 35.3. The van der Waals surface area contributed by atoms with Gasteiger partial charge in [0, 0.05) is 7.11 Å². The van der Waals surface area contributed by atoms with Crippen LogP contribution in [0.2, 0.25) is 6.04 Å². The molecule has 1 unspecified atom stereocenters. The van der Waals surface area contributed by atoms with E-state index in [1.54, 1.807) is 7.11 Å². The average molecular weight is 164 g/mol. The Labute approximate surface area is 60.4 Å². The van der Waals surface area contributed by atoms with E-state index in [4.69, 9.17) is 9.53 Å². The predicted molar refractivity (Wildman–Crippen MR) is 41.7 cm³/mol. The molecule has 0 aliphatic carbocycles. The van der Waals surface area contributed by atoms with Gasteiger partial charge in [0.2, 0.25) is 0 Å². The van der Waals surface area contributed by atoms with Crippen LogP contribution >= 0.6 is 11.2 Å². The molecule has 0 radical (unpaired) electrons. The van der Waals surface area contributed by atoms with Crippen LogP contribution in [0.15, 0.2) is 0 Å².